The van der Waals surface area contributed by atoms with Crippen LogP contribution in [0.3, 0.4) is 0 Å². The van der Waals surface area contributed by atoms with Gasteiger partial charge in [-0.1, -0.05) is 6.92 Å². The van der Waals surface area contributed by atoms with Crippen molar-refractivity contribution in [3.05, 3.63) is 47.7 Å². The number of rotatable bonds is 4. The third kappa shape index (κ3) is 2.71. The van der Waals surface area contributed by atoms with Gasteiger partial charge in [0.1, 0.15) is 5.76 Å². The SMILES string of the molecule is CCc1cnc(CNC(=O)c2cccnc2F)o1. The van der Waals surface area contributed by atoms with E-state index in [1.807, 2.05) is 6.92 Å². The number of amides is 1. The highest BCUT2D eigenvalue weighted by Gasteiger charge is 2.12. The maximum absolute atomic E-state index is 13.2. The second kappa shape index (κ2) is 5.39. The van der Waals surface area contributed by atoms with Crippen LogP contribution in [-0.2, 0) is 13.0 Å². The maximum Gasteiger partial charge on any atom is 0.256 e. The van der Waals surface area contributed by atoms with Gasteiger partial charge in [0, 0.05) is 12.6 Å². The summed E-state index contributed by atoms with van der Waals surface area (Å²) in [6.07, 6.45) is 3.62. The molecule has 94 valence electrons. The Morgan fingerprint density at radius 2 is 2.33 bits per heavy atom. The lowest BCUT2D eigenvalue weighted by atomic mass is 10.2. The van der Waals surface area contributed by atoms with Crippen molar-refractivity contribution in [3.8, 4) is 0 Å². The quantitative estimate of drug-likeness (QED) is 0.837. The highest BCUT2D eigenvalue weighted by atomic mass is 19.1. The van der Waals surface area contributed by atoms with E-state index in [4.69, 9.17) is 4.42 Å². The van der Waals surface area contributed by atoms with Gasteiger partial charge < -0.3 is 9.73 Å². The Labute approximate surface area is 103 Å². The molecule has 0 aromatic carbocycles. The first kappa shape index (κ1) is 12.2. The summed E-state index contributed by atoms with van der Waals surface area (Å²) >= 11 is 0. The van der Waals surface area contributed by atoms with E-state index >= 15 is 0 Å². The molecule has 2 rings (SSSR count). The smallest absolute Gasteiger partial charge is 0.256 e. The van der Waals surface area contributed by atoms with Gasteiger partial charge in [0.25, 0.3) is 5.91 Å². The van der Waals surface area contributed by atoms with Crippen LogP contribution >= 0.6 is 0 Å². The minimum Gasteiger partial charge on any atom is -0.444 e. The zero-order valence-corrected chi connectivity index (χ0v) is 9.81. The van der Waals surface area contributed by atoms with E-state index in [0.717, 1.165) is 12.2 Å². The van der Waals surface area contributed by atoms with Crippen LogP contribution in [0.25, 0.3) is 0 Å². The number of hydrogen-bond acceptors (Lipinski definition) is 4. The van der Waals surface area contributed by atoms with E-state index in [-0.39, 0.29) is 12.1 Å². The number of oxazole rings is 1. The molecule has 6 heteroatoms. The minimum absolute atomic E-state index is 0.0974. The number of nitrogens with zero attached hydrogens (tertiary/aromatic N) is 2. The largest absolute Gasteiger partial charge is 0.444 e. The van der Waals surface area contributed by atoms with Gasteiger partial charge in [-0.15, -0.1) is 0 Å². The van der Waals surface area contributed by atoms with Crippen molar-refractivity contribution in [1.82, 2.24) is 15.3 Å². The van der Waals surface area contributed by atoms with Gasteiger partial charge in [-0.2, -0.15) is 4.39 Å². The van der Waals surface area contributed by atoms with Gasteiger partial charge in [0.2, 0.25) is 11.8 Å². The normalized spacial score (nSPS) is 10.3. The predicted molar refractivity (Wildman–Crippen MR) is 61.2 cm³/mol. The molecular formula is C12H12FN3O2. The van der Waals surface area contributed by atoms with Gasteiger partial charge in [-0.05, 0) is 12.1 Å². The van der Waals surface area contributed by atoms with Crippen molar-refractivity contribution in [3.63, 3.8) is 0 Å². The Balaban J connectivity index is 1.98. The average molecular weight is 249 g/mol. The number of aryl methyl sites for hydroxylation is 1. The van der Waals surface area contributed by atoms with Crippen molar-refractivity contribution < 1.29 is 13.6 Å². The van der Waals surface area contributed by atoms with Crippen LogP contribution in [-0.4, -0.2) is 15.9 Å². The molecule has 0 atom stereocenters. The maximum atomic E-state index is 13.2. The van der Waals surface area contributed by atoms with E-state index in [1.54, 1.807) is 6.20 Å². The summed E-state index contributed by atoms with van der Waals surface area (Å²) in [6.45, 7) is 2.06. The number of nitrogens with one attached hydrogen (secondary N) is 1. The van der Waals surface area contributed by atoms with E-state index in [2.05, 4.69) is 15.3 Å². The summed E-state index contributed by atoms with van der Waals surface area (Å²) < 4.78 is 18.5. The third-order valence-electron chi connectivity index (χ3n) is 2.35. The third-order valence-corrected chi connectivity index (χ3v) is 2.35. The lowest BCUT2D eigenvalue weighted by molar-refractivity contribution is 0.0942. The fourth-order valence-corrected chi connectivity index (χ4v) is 1.40. The molecule has 2 aromatic rings. The lowest BCUT2D eigenvalue weighted by Crippen LogP contribution is -2.24. The molecule has 1 amide bonds. The van der Waals surface area contributed by atoms with E-state index < -0.39 is 11.9 Å². The number of aromatic nitrogens is 2. The molecule has 1 N–H and O–H groups in total. The van der Waals surface area contributed by atoms with E-state index in [9.17, 15) is 9.18 Å². The summed E-state index contributed by atoms with van der Waals surface area (Å²) in [5, 5.41) is 2.52. The number of carbonyl (C=O) groups excluding carboxylic acids is 1. The standard InChI is InChI=1S/C12H12FN3O2/c1-2-8-6-15-10(18-8)7-16-12(17)9-4-3-5-14-11(9)13/h3-6H,2,7H2,1H3,(H,16,17). The van der Waals surface area contributed by atoms with Crippen LogP contribution in [0.2, 0.25) is 0 Å². The zero-order valence-electron chi connectivity index (χ0n) is 9.81. The van der Waals surface area contributed by atoms with Gasteiger partial charge in [0.15, 0.2) is 0 Å². The molecule has 2 aromatic heterocycles. The summed E-state index contributed by atoms with van der Waals surface area (Å²) in [5.41, 5.74) is -0.0974. The number of halogens is 1. The Morgan fingerprint density at radius 1 is 1.50 bits per heavy atom. The van der Waals surface area contributed by atoms with E-state index in [0.29, 0.717) is 5.89 Å². The zero-order chi connectivity index (χ0) is 13.0. The van der Waals surface area contributed by atoms with Gasteiger partial charge in [-0.25, -0.2) is 9.97 Å². The molecule has 0 saturated carbocycles. The van der Waals surface area contributed by atoms with Crippen LogP contribution in [0.5, 0.6) is 0 Å². The Kier molecular flexibility index (Phi) is 3.66. The van der Waals surface area contributed by atoms with Gasteiger partial charge in [-0.3, -0.25) is 4.79 Å². The highest BCUT2D eigenvalue weighted by molar-refractivity contribution is 5.93. The molecule has 18 heavy (non-hydrogen) atoms. The first-order chi connectivity index (χ1) is 8.70. The van der Waals surface area contributed by atoms with Crippen LogP contribution in [0.15, 0.2) is 28.9 Å². The first-order valence-electron chi connectivity index (χ1n) is 5.53. The number of pyridine rings is 1. The van der Waals surface area contributed by atoms with Crippen LogP contribution in [0.1, 0.15) is 28.9 Å². The molecule has 0 radical (unpaired) electrons. The second-order valence-electron chi connectivity index (χ2n) is 3.60. The van der Waals surface area contributed by atoms with Crippen molar-refractivity contribution in [2.75, 3.05) is 0 Å². The molecule has 0 aliphatic carbocycles. The van der Waals surface area contributed by atoms with Gasteiger partial charge in [0.05, 0.1) is 18.3 Å². The highest BCUT2D eigenvalue weighted by Crippen LogP contribution is 2.06. The molecule has 0 bridgehead atoms. The first-order valence-corrected chi connectivity index (χ1v) is 5.53. The Bertz CT molecular complexity index is 554. The average Bonchev–Trinajstić information content (AvgIpc) is 2.84. The Morgan fingerprint density at radius 3 is 3.00 bits per heavy atom. The molecule has 0 saturated heterocycles. The van der Waals surface area contributed by atoms with Crippen molar-refractivity contribution in [2.24, 2.45) is 0 Å². The van der Waals surface area contributed by atoms with Crippen LogP contribution in [0.4, 0.5) is 4.39 Å². The molecule has 2 heterocycles. The monoisotopic (exact) mass is 249 g/mol. The summed E-state index contributed by atoms with van der Waals surface area (Å²) in [4.78, 5) is 19.0. The van der Waals surface area contributed by atoms with E-state index in [1.165, 1.54) is 18.3 Å². The fourth-order valence-electron chi connectivity index (χ4n) is 1.40. The molecule has 0 spiro atoms. The minimum atomic E-state index is -0.795. The molecular weight excluding hydrogens is 237 g/mol. The summed E-state index contributed by atoms with van der Waals surface area (Å²) in [7, 11) is 0. The Hall–Kier alpha value is -2.24. The predicted octanol–water partition coefficient (Wildman–Crippen LogP) is 1.70. The lowest BCUT2D eigenvalue weighted by Gasteiger charge is -2.02. The molecule has 0 fully saturated rings. The van der Waals surface area contributed by atoms with Crippen molar-refractivity contribution in [1.29, 1.82) is 0 Å². The van der Waals surface area contributed by atoms with Crippen molar-refractivity contribution >= 4 is 5.91 Å². The van der Waals surface area contributed by atoms with Crippen LogP contribution in [0, 0.1) is 5.95 Å². The number of hydrogen-bond donors (Lipinski definition) is 1. The van der Waals surface area contributed by atoms with Crippen LogP contribution < -0.4 is 5.32 Å². The molecule has 0 aliphatic heterocycles. The molecule has 0 aliphatic rings. The molecule has 5 nitrogen and oxygen atoms in total. The van der Waals surface area contributed by atoms with Crippen molar-refractivity contribution in [2.45, 2.75) is 19.9 Å². The topological polar surface area (TPSA) is 68.0 Å². The fraction of sp³-hybridized carbons (Fsp3) is 0.250. The molecule has 0 unspecified atom stereocenters. The summed E-state index contributed by atoms with van der Waals surface area (Å²) in [6, 6.07) is 2.86. The number of carbonyl (C=O) groups is 1. The summed E-state index contributed by atoms with van der Waals surface area (Å²) in [5.74, 6) is -0.204. The van der Waals surface area contributed by atoms with Gasteiger partial charge >= 0.3 is 0 Å². The second-order valence-corrected chi connectivity index (χ2v) is 3.60.